The third kappa shape index (κ3) is 1.95. The van der Waals surface area contributed by atoms with E-state index in [0.29, 0.717) is 5.82 Å². The Morgan fingerprint density at radius 2 is 2.20 bits per heavy atom. The van der Waals surface area contributed by atoms with E-state index in [1.54, 1.807) is 12.1 Å². The molecule has 0 aliphatic rings. The Kier molecular flexibility index (Phi) is 3.15. The number of fused-ring (bicyclic) bond motifs is 1. The summed E-state index contributed by atoms with van der Waals surface area (Å²) in [6.07, 6.45) is 0. The van der Waals surface area contributed by atoms with E-state index in [1.165, 1.54) is 24.5 Å². The molecule has 3 rings (SSSR count). The van der Waals surface area contributed by atoms with Gasteiger partial charge >= 0.3 is 0 Å². The lowest BCUT2D eigenvalue weighted by atomic mass is 10.1. The molecule has 104 valence electrons. The first kappa shape index (κ1) is 13.0. The zero-order valence-corrected chi connectivity index (χ0v) is 11.8. The molecule has 5 nitrogen and oxygen atoms in total. The summed E-state index contributed by atoms with van der Waals surface area (Å²) in [5.41, 5.74) is 7.45. The largest absolute Gasteiger partial charge is 0.494 e. The highest BCUT2D eigenvalue weighted by molar-refractivity contribution is 7.15. The first-order valence-electron chi connectivity index (χ1n) is 6.04. The zero-order chi connectivity index (χ0) is 14.3. The number of nitrogens with zero attached hydrogens (tertiary/aromatic N) is 3. The molecule has 0 radical (unpaired) electrons. The van der Waals surface area contributed by atoms with E-state index < -0.39 is 5.82 Å². The van der Waals surface area contributed by atoms with Gasteiger partial charge in [-0.1, -0.05) is 0 Å². The minimum absolute atomic E-state index is 0.219. The van der Waals surface area contributed by atoms with Crippen LogP contribution in [-0.2, 0) is 0 Å². The Bertz CT molecular complexity index is 765. The monoisotopic (exact) mass is 292 g/mol. The van der Waals surface area contributed by atoms with Crippen molar-refractivity contribution < 1.29 is 9.13 Å². The minimum atomic E-state index is -0.403. The van der Waals surface area contributed by atoms with Crippen LogP contribution >= 0.6 is 11.3 Å². The molecule has 0 aliphatic carbocycles. The van der Waals surface area contributed by atoms with Gasteiger partial charge in [0.1, 0.15) is 0 Å². The lowest BCUT2D eigenvalue weighted by Gasteiger charge is -2.07. The second-order valence-electron chi connectivity index (χ2n) is 4.44. The molecule has 1 unspecified atom stereocenters. The second-order valence-corrected chi connectivity index (χ2v) is 5.27. The van der Waals surface area contributed by atoms with Crippen molar-refractivity contribution in [2.75, 3.05) is 7.11 Å². The minimum Gasteiger partial charge on any atom is -0.494 e. The molecule has 3 aromatic rings. The molecular weight excluding hydrogens is 279 g/mol. The van der Waals surface area contributed by atoms with Gasteiger partial charge in [-0.15, -0.1) is 21.5 Å². The molecule has 2 heterocycles. The van der Waals surface area contributed by atoms with Crippen molar-refractivity contribution in [3.8, 4) is 17.0 Å². The lowest BCUT2D eigenvalue weighted by molar-refractivity contribution is 0.386. The molecule has 0 saturated carbocycles. The van der Waals surface area contributed by atoms with Crippen molar-refractivity contribution in [3.05, 3.63) is 35.2 Å². The average molecular weight is 292 g/mol. The van der Waals surface area contributed by atoms with Gasteiger partial charge in [0.2, 0.25) is 4.96 Å². The van der Waals surface area contributed by atoms with Gasteiger partial charge in [0, 0.05) is 10.9 Å². The molecule has 0 amide bonds. The maximum absolute atomic E-state index is 13.8. The average Bonchev–Trinajstić information content (AvgIpc) is 2.99. The molecule has 0 bridgehead atoms. The Morgan fingerprint density at radius 1 is 1.40 bits per heavy atom. The molecular formula is C13H13FN4OS. The summed E-state index contributed by atoms with van der Waals surface area (Å²) in [6, 6.07) is 4.59. The Balaban J connectivity index is 2.19. The number of rotatable bonds is 3. The smallest absolute Gasteiger partial charge is 0.216 e. The summed E-state index contributed by atoms with van der Waals surface area (Å²) < 4.78 is 20.6. The number of thiazole rings is 1. The number of aromatic nitrogens is 3. The maximum atomic E-state index is 13.8. The highest BCUT2D eigenvalue weighted by atomic mass is 32.1. The standard InChI is InChI=1S/C13H13FN4OS/c1-7(15)12-16-17-13-18(12)10(6-20-13)8-3-4-11(19-2)9(14)5-8/h3-7H,15H2,1-2H3. The van der Waals surface area contributed by atoms with Crippen molar-refractivity contribution in [3.63, 3.8) is 0 Å². The molecule has 1 aromatic carbocycles. The fraction of sp³-hybridized carbons (Fsp3) is 0.231. The number of hydrogen-bond acceptors (Lipinski definition) is 5. The quantitative estimate of drug-likeness (QED) is 0.806. The summed E-state index contributed by atoms with van der Waals surface area (Å²) in [4.78, 5) is 0.739. The third-order valence-corrected chi connectivity index (χ3v) is 3.85. The Morgan fingerprint density at radius 3 is 2.85 bits per heavy atom. The van der Waals surface area contributed by atoms with Crippen LogP contribution < -0.4 is 10.5 Å². The van der Waals surface area contributed by atoms with Crippen LogP contribution in [0.15, 0.2) is 23.6 Å². The van der Waals surface area contributed by atoms with Gasteiger partial charge in [-0.2, -0.15) is 0 Å². The van der Waals surface area contributed by atoms with Gasteiger partial charge in [-0.3, -0.25) is 4.40 Å². The predicted octanol–water partition coefficient (Wildman–Crippen LogP) is 2.63. The number of methoxy groups -OCH3 is 1. The van der Waals surface area contributed by atoms with Crippen LogP contribution in [0.4, 0.5) is 4.39 Å². The molecule has 2 aromatic heterocycles. The SMILES string of the molecule is COc1ccc(-c2csc3nnc(C(C)N)n23)cc1F. The van der Waals surface area contributed by atoms with Crippen LogP contribution in [0.3, 0.4) is 0 Å². The van der Waals surface area contributed by atoms with Crippen LogP contribution in [0.2, 0.25) is 0 Å². The molecule has 0 fully saturated rings. The summed E-state index contributed by atoms with van der Waals surface area (Å²) in [5.74, 6) is 0.476. The number of benzene rings is 1. The van der Waals surface area contributed by atoms with E-state index in [4.69, 9.17) is 10.5 Å². The Hall–Kier alpha value is -1.99. The van der Waals surface area contributed by atoms with Crippen molar-refractivity contribution in [1.82, 2.24) is 14.6 Å². The number of halogens is 1. The molecule has 2 N–H and O–H groups in total. The van der Waals surface area contributed by atoms with Gasteiger partial charge < -0.3 is 10.5 Å². The van der Waals surface area contributed by atoms with Crippen LogP contribution in [0.25, 0.3) is 16.2 Å². The summed E-state index contributed by atoms with van der Waals surface area (Å²) in [6.45, 7) is 1.84. The van der Waals surface area contributed by atoms with E-state index in [1.807, 2.05) is 16.7 Å². The van der Waals surface area contributed by atoms with Crippen molar-refractivity contribution in [2.45, 2.75) is 13.0 Å². The molecule has 1 atom stereocenters. The highest BCUT2D eigenvalue weighted by Crippen LogP contribution is 2.30. The van der Waals surface area contributed by atoms with Gasteiger partial charge in [0.05, 0.1) is 18.8 Å². The topological polar surface area (TPSA) is 65.4 Å². The molecule has 20 heavy (non-hydrogen) atoms. The summed E-state index contributed by atoms with van der Waals surface area (Å²) in [5, 5.41) is 10.1. The molecule has 7 heteroatoms. The van der Waals surface area contributed by atoms with Gasteiger partial charge in [-0.05, 0) is 25.1 Å². The fourth-order valence-electron chi connectivity index (χ4n) is 2.06. The van der Waals surface area contributed by atoms with Crippen LogP contribution in [0.5, 0.6) is 5.75 Å². The first-order chi connectivity index (χ1) is 9.61. The van der Waals surface area contributed by atoms with Crippen molar-refractivity contribution >= 4 is 16.3 Å². The van der Waals surface area contributed by atoms with E-state index >= 15 is 0 Å². The number of nitrogens with two attached hydrogens (primary N) is 1. The number of hydrogen-bond donors (Lipinski definition) is 1. The molecule has 0 spiro atoms. The van der Waals surface area contributed by atoms with Crippen LogP contribution in [0.1, 0.15) is 18.8 Å². The fourth-order valence-corrected chi connectivity index (χ4v) is 2.91. The zero-order valence-electron chi connectivity index (χ0n) is 11.0. The van der Waals surface area contributed by atoms with Crippen molar-refractivity contribution in [2.24, 2.45) is 5.73 Å². The van der Waals surface area contributed by atoms with Crippen LogP contribution in [-0.4, -0.2) is 21.7 Å². The first-order valence-corrected chi connectivity index (χ1v) is 6.91. The van der Waals surface area contributed by atoms with Gasteiger partial charge in [0.15, 0.2) is 17.4 Å². The van der Waals surface area contributed by atoms with E-state index in [2.05, 4.69) is 10.2 Å². The van der Waals surface area contributed by atoms with E-state index in [0.717, 1.165) is 16.2 Å². The summed E-state index contributed by atoms with van der Waals surface area (Å²) in [7, 11) is 1.44. The molecule has 0 aliphatic heterocycles. The van der Waals surface area contributed by atoms with Gasteiger partial charge in [0.25, 0.3) is 0 Å². The van der Waals surface area contributed by atoms with E-state index in [-0.39, 0.29) is 11.8 Å². The summed E-state index contributed by atoms with van der Waals surface area (Å²) >= 11 is 1.44. The number of ether oxygens (including phenoxy) is 1. The second kappa shape index (κ2) is 4.84. The normalized spacial score (nSPS) is 12.8. The molecule has 0 saturated heterocycles. The van der Waals surface area contributed by atoms with E-state index in [9.17, 15) is 4.39 Å². The maximum Gasteiger partial charge on any atom is 0.216 e. The van der Waals surface area contributed by atoms with Crippen LogP contribution in [0, 0.1) is 5.82 Å². The third-order valence-electron chi connectivity index (χ3n) is 3.03. The Labute approximate surface area is 118 Å². The highest BCUT2D eigenvalue weighted by Gasteiger charge is 2.16. The van der Waals surface area contributed by atoms with Crippen molar-refractivity contribution in [1.29, 1.82) is 0 Å². The van der Waals surface area contributed by atoms with Gasteiger partial charge in [-0.25, -0.2) is 4.39 Å². The predicted molar refractivity (Wildman–Crippen MR) is 75.4 cm³/mol. The lowest BCUT2D eigenvalue weighted by Crippen LogP contribution is -2.10.